The molecule has 1 aliphatic carbocycles. The van der Waals surface area contributed by atoms with Gasteiger partial charge in [0.15, 0.2) is 0 Å². The van der Waals surface area contributed by atoms with Crippen molar-refractivity contribution in [2.24, 2.45) is 0 Å². The fourth-order valence-corrected chi connectivity index (χ4v) is 3.78. The van der Waals surface area contributed by atoms with Crippen LogP contribution in [0.4, 0.5) is 0 Å². The third-order valence-electron chi connectivity index (χ3n) is 5.16. The predicted octanol–water partition coefficient (Wildman–Crippen LogP) is 2.71. The molecule has 0 aromatic rings. The molecule has 2 fully saturated rings. The van der Waals surface area contributed by atoms with E-state index in [0.29, 0.717) is 6.04 Å². The molecule has 2 aliphatic rings. The molecule has 0 aromatic heterocycles. The summed E-state index contributed by atoms with van der Waals surface area (Å²) in [5.41, 5.74) is 0. The lowest BCUT2D eigenvalue weighted by atomic mass is 10.1. The quantitative estimate of drug-likeness (QED) is 0.724. The van der Waals surface area contributed by atoms with E-state index in [1.807, 2.05) is 0 Å². The first-order valence-corrected chi connectivity index (χ1v) is 8.88. The highest BCUT2D eigenvalue weighted by Crippen LogP contribution is 2.24. The van der Waals surface area contributed by atoms with Crippen LogP contribution in [0, 0.1) is 0 Å². The Hall–Kier alpha value is -0.120. The summed E-state index contributed by atoms with van der Waals surface area (Å²) >= 11 is 0. The summed E-state index contributed by atoms with van der Waals surface area (Å²) in [6.45, 7) is 13.2. The topological polar surface area (TPSA) is 18.5 Å². The van der Waals surface area contributed by atoms with Gasteiger partial charge in [0.25, 0.3) is 0 Å². The number of piperazine rings is 1. The number of nitrogens with zero attached hydrogens (tertiary/aromatic N) is 2. The summed E-state index contributed by atoms with van der Waals surface area (Å²) in [6, 6.07) is 2.30. The van der Waals surface area contributed by atoms with E-state index in [0.717, 1.165) is 12.1 Å². The van der Waals surface area contributed by atoms with Gasteiger partial charge in [-0.3, -0.25) is 9.80 Å². The van der Waals surface area contributed by atoms with Crippen LogP contribution in [0.25, 0.3) is 0 Å². The molecule has 0 spiro atoms. The van der Waals surface area contributed by atoms with Gasteiger partial charge in [-0.2, -0.15) is 0 Å². The van der Waals surface area contributed by atoms with Crippen molar-refractivity contribution in [2.45, 2.75) is 77.4 Å². The van der Waals surface area contributed by atoms with Crippen LogP contribution in [-0.4, -0.2) is 60.6 Å². The first-order chi connectivity index (χ1) is 9.66. The van der Waals surface area contributed by atoms with Gasteiger partial charge in [-0.1, -0.05) is 26.7 Å². The molecular formula is C17H35N3. The van der Waals surface area contributed by atoms with Crippen LogP contribution in [0.3, 0.4) is 0 Å². The predicted molar refractivity (Wildman–Crippen MR) is 87.2 cm³/mol. The molecule has 0 radical (unpaired) electrons. The van der Waals surface area contributed by atoms with Crippen molar-refractivity contribution in [1.29, 1.82) is 0 Å². The van der Waals surface area contributed by atoms with E-state index < -0.39 is 0 Å². The van der Waals surface area contributed by atoms with Crippen LogP contribution in [-0.2, 0) is 0 Å². The summed E-state index contributed by atoms with van der Waals surface area (Å²) in [5.74, 6) is 0. The SMILES string of the molecule is CC(C)NCCCC(C)N1CCN(C2CCCC2)CC1. The van der Waals surface area contributed by atoms with Gasteiger partial charge < -0.3 is 5.32 Å². The Balaban J connectivity index is 1.60. The van der Waals surface area contributed by atoms with E-state index in [9.17, 15) is 0 Å². The minimum absolute atomic E-state index is 0.625. The molecule has 1 unspecified atom stereocenters. The molecule has 0 bridgehead atoms. The number of hydrogen-bond acceptors (Lipinski definition) is 3. The molecule has 20 heavy (non-hydrogen) atoms. The Kier molecular flexibility index (Phi) is 6.79. The van der Waals surface area contributed by atoms with Crippen molar-refractivity contribution in [1.82, 2.24) is 15.1 Å². The van der Waals surface area contributed by atoms with E-state index >= 15 is 0 Å². The maximum absolute atomic E-state index is 3.52. The summed E-state index contributed by atoms with van der Waals surface area (Å²) in [6.07, 6.45) is 8.48. The van der Waals surface area contributed by atoms with Crippen molar-refractivity contribution in [3.63, 3.8) is 0 Å². The highest BCUT2D eigenvalue weighted by atomic mass is 15.3. The van der Waals surface area contributed by atoms with Crippen LogP contribution < -0.4 is 5.32 Å². The van der Waals surface area contributed by atoms with Crippen molar-refractivity contribution < 1.29 is 0 Å². The van der Waals surface area contributed by atoms with Crippen molar-refractivity contribution in [2.75, 3.05) is 32.7 Å². The van der Waals surface area contributed by atoms with Crippen LogP contribution in [0.2, 0.25) is 0 Å². The summed E-state index contributed by atoms with van der Waals surface area (Å²) < 4.78 is 0. The Morgan fingerprint density at radius 3 is 2.25 bits per heavy atom. The molecule has 1 N–H and O–H groups in total. The minimum Gasteiger partial charge on any atom is -0.315 e. The Bertz CT molecular complexity index is 253. The smallest absolute Gasteiger partial charge is 0.0113 e. The lowest BCUT2D eigenvalue weighted by Crippen LogP contribution is -2.52. The standard InChI is InChI=1S/C17H35N3/c1-15(2)18-10-6-7-16(3)19-11-13-20(14-12-19)17-8-4-5-9-17/h15-18H,4-14H2,1-3H3. The maximum Gasteiger partial charge on any atom is 0.0113 e. The molecule has 1 atom stereocenters. The maximum atomic E-state index is 3.52. The highest BCUT2D eigenvalue weighted by Gasteiger charge is 2.27. The molecule has 0 amide bonds. The lowest BCUT2D eigenvalue weighted by molar-refractivity contribution is 0.0721. The normalized spacial score (nSPS) is 24.6. The molecule has 0 aromatic carbocycles. The average Bonchev–Trinajstić information content (AvgIpc) is 2.97. The van der Waals surface area contributed by atoms with Gasteiger partial charge in [0, 0.05) is 44.3 Å². The zero-order chi connectivity index (χ0) is 14.4. The van der Waals surface area contributed by atoms with Crippen molar-refractivity contribution >= 4 is 0 Å². The number of hydrogen-bond donors (Lipinski definition) is 1. The van der Waals surface area contributed by atoms with Crippen molar-refractivity contribution in [3.8, 4) is 0 Å². The van der Waals surface area contributed by atoms with Gasteiger partial charge in [0.1, 0.15) is 0 Å². The number of nitrogens with one attached hydrogen (secondary N) is 1. The first kappa shape index (κ1) is 16.3. The molecular weight excluding hydrogens is 246 g/mol. The fraction of sp³-hybridized carbons (Fsp3) is 1.00. The van der Waals surface area contributed by atoms with Gasteiger partial charge in [-0.25, -0.2) is 0 Å². The highest BCUT2D eigenvalue weighted by molar-refractivity contribution is 4.83. The van der Waals surface area contributed by atoms with E-state index in [4.69, 9.17) is 0 Å². The molecule has 1 aliphatic heterocycles. The van der Waals surface area contributed by atoms with E-state index in [1.165, 1.54) is 71.2 Å². The molecule has 2 rings (SSSR count). The summed E-state index contributed by atoms with van der Waals surface area (Å²) in [7, 11) is 0. The molecule has 1 heterocycles. The van der Waals surface area contributed by atoms with Crippen LogP contribution in [0.15, 0.2) is 0 Å². The van der Waals surface area contributed by atoms with Gasteiger partial charge in [0.2, 0.25) is 0 Å². The first-order valence-electron chi connectivity index (χ1n) is 8.88. The van der Waals surface area contributed by atoms with E-state index in [1.54, 1.807) is 0 Å². The molecule has 1 saturated heterocycles. The zero-order valence-corrected chi connectivity index (χ0v) is 13.9. The van der Waals surface area contributed by atoms with E-state index in [-0.39, 0.29) is 0 Å². The van der Waals surface area contributed by atoms with Gasteiger partial charge in [-0.15, -0.1) is 0 Å². The lowest BCUT2D eigenvalue weighted by Gasteiger charge is -2.40. The third-order valence-corrected chi connectivity index (χ3v) is 5.16. The van der Waals surface area contributed by atoms with Gasteiger partial charge in [0.05, 0.1) is 0 Å². The monoisotopic (exact) mass is 281 g/mol. The second-order valence-corrected chi connectivity index (χ2v) is 7.11. The second-order valence-electron chi connectivity index (χ2n) is 7.11. The van der Waals surface area contributed by atoms with Gasteiger partial charge >= 0.3 is 0 Å². The molecule has 3 heteroatoms. The van der Waals surface area contributed by atoms with Crippen LogP contribution in [0.1, 0.15) is 59.3 Å². The third kappa shape index (κ3) is 5.01. The van der Waals surface area contributed by atoms with Crippen LogP contribution >= 0.6 is 0 Å². The Labute approximate surface area is 126 Å². The Morgan fingerprint density at radius 2 is 1.65 bits per heavy atom. The molecule has 1 saturated carbocycles. The zero-order valence-electron chi connectivity index (χ0n) is 13.9. The summed E-state index contributed by atoms with van der Waals surface area (Å²) in [5, 5.41) is 3.52. The van der Waals surface area contributed by atoms with Crippen molar-refractivity contribution in [3.05, 3.63) is 0 Å². The Morgan fingerprint density at radius 1 is 1.00 bits per heavy atom. The minimum atomic E-state index is 0.625. The largest absolute Gasteiger partial charge is 0.315 e. The average molecular weight is 281 g/mol. The van der Waals surface area contributed by atoms with Crippen LogP contribution in [0.5, 0.6) is 0 Å². The summed E-state index contributed by atoms with van der Waals surface area (Å²) in [4.78, 5) is 5.47. The number of rotatable bonds is 7. The van der Waals surface area contributed by atoms with Gasteiger partial charge in [-0.05, 0) is 39.2 Å². The molecule has 3 nitrogen and oxygen atoms in total. The fourth-order valence-electron chi connectivity index (χ4n) is 3.78. The second kappa shape index (κ2) is 8.35. The molecule has 118 valence electrons. The van der Waals surface area contributed by atoms with E-state index in [2.05, 4.69) is 35.9 Å².